The second-order valence-electron chi connectivity index (χ2n) is 2.35. The number of hydrogen-bond acceptors (Lipinski definition) is 1. The maximum absolute atomic E-state index is 3.60. The maximum Gasteiger partial charge on any atom is 0.00128 e. The van der Waals surface area contributed by atoms with Crippen molar-refractivity contribution in [2.75, 3.05) is 20.1 Å². The normalized spacial score (nSPS) is 11.1. The van der Waals surface area contributed by atoms with Crippen molar-refractivity contribution in [3.8, 4) is 0 Å². The van der Waals surface area contributed by atoms with Crippen LogP contribution in [0.5, 0.6) is 0 Å². The van der Waals surface area contributed by atoms with Crippen molar-refractivity contribution in [2.45, 2.75) is 13.3 Å². The highest BCUT2D eigenvalue weighted by Gasteiger charge is 1.88. The standard InChI is InChI=1S/C9H17N/c1-4-6-7-8-9-10(3)5-2/h4,6-7H,1,5,8-9H2,2-3H3/b7-6+. The first-order valence-electron chi connectivity index (χ1n) is 3.77. The lowest BCUT2D eigenvalue weighted by Gasteiger charge is -2.10. The summed E-state index contributed by atoms with van der Waals surface area (Å²) in [4.78, 5) is 2.29. The second-order valence-corrected chi connectivity index (χ2v) is 2.35. The highest BCUT2D eigenvalue weighted by atomic mass is 15.1. The summed E-state index contributed by atoms with van der Waals surface area (Å²) >= 11 is 0. The van der Waals surface area contributed by atoms with Gasteiger partial charge in [-0.05, 0) is 20.0 Å². The van der Waals surface area contributed by atoms with Gasteiger partial charge >= 0.3 is 0 Å². The fourth-order valence-electron chi connectivity index (χ4n) is 0.645. The topological polar surface area (TPSA) is 3.24 Å². The molecule has 0 aliphatic rings. The van der Waals surface area contributed by atoms with E-state index in [0.717, 1.165) is 19.5 Å². The fraction of sp³-hybridized carbons (Fsp3) is 0.556. The minimum Gasteiger partial charge on any atom is -0.306 e. The number of nitrogens with zero attached hydrogens (tertiary/aromatic N) is 1. The number of hydrogen-bond donors (Lipinski definition) is 0. The van der Waals surface area contributed by atoms with Crippen LogP contribution in [0.15, 0.2) is 24.8 Å². The first-order chi connectivity index (χ1) is 4.81. The summed E-state index contributed by atoms with van der Waals surface area (Å²) in [5.41, 5.74) is 0. The van der Waals surface area contributed by atoms with E-state index in [-0.39, 0.29) is 0 Å². The molecule has 1 nitrogen and oxygen atoms in total. The summed E-state index contributed by atoms with van der Waals surface area (Å²) in [6.07, 6.45) is 7.06. The molecule has 0 spiro atoms. The summed E-state index contributed by atoms with van der Waals surface area (Å²) in [6.45, 7) is 8.03. The van der Waals surface area contributed by atoms with Crippen LogP contribution in [0.3, 0.4) is 0 Å². The molecule has 0 N–H and O–H groups in total. The quantitative estimate of drug-likeness (QED) is 0.527. The molecule has 58 valence electrons. The first-order valence-corrected chi connectivity index (χ1v) is 3.77. The zero-order valence-corrected chi connectivity index (χ0v) is 7.01. The van der Waals surface area contributed by atoms with Crippen LogP contribution in [-0.4, -0.2) is 25.0 Å². The minimum atomic E-state index is 1.12. The summed E-state index contributed by atoms with van der Waals surface area (Å²) < 4.78 is 0. The largest absolute Gasteiger partial charge is 0.306 e. The third-order valence-corrected chi connectivity index (χ3v) is 1.49. The van der Waals surface area contributed by atoms with Crippen molar-refractivity contribution in [2.24, 2.45) is 0 Å². The molecule has 0 aliphatic heterocycles. The van der Waals surface area contributed by atoms with Crippen molar-refractivity contribution in [3.05, 3.63) is 24.8 Å². The van der Waals surface area contributed by atoms with E-state index < -0.39 is 0 Å². The molecule has 0 aliphatic carbocycles. The Morgan fingerprint density at radius 1 is 1.50 bits per heavy atom. The highest BCUT2D eigenvalue weighted by molar-refractivity contribution is 4.97. The van der Waals surface area contributed by atoms with Crippen LogP contribution in [0, 0.1) is 0 Å². The van der Waals surface area contributed by atoms with Crippen LogP contribution in [-0.2, 0) is 0 Å². The Labute approximate surface area is 64.0 Å². The third kappa shape index (κ3) is 5.57. The van der Waals surface area contributed by atoms with Gasteiger partial charge in [-0.25, -0.2) is 0 Å². The number of allylic oxidation sites excluding steroid dienone is 2. The Morgan fingerprint density at radius 2 is 2.20 bits per heavy atom. The van der Waals surface area contributed by atoms with Gasteiger partial charge in [0.15, 0.2) is 0 Å². The molecular formula is C9H17N. The molecule has 10 heavy (non-hydrogen) atoms. The summed E-state index contributed by atoms with van der Waals surface area (Å²) in [7, 11) is 2.13. The van der Waals surface area contributed by atoms with Crippen molar-refractivity contribution in [1.82, 2.24) is 4.90 Å². The number of rotatable bonds is 5. The van der Waals surface area contributed by atoms with Crippen LogP contribution < -0.4 is 0 Å². The zero-order chi connectivity index (χ0) is 7.82. The molecule has 0 amide bonds. The van der Waals surface area contributed by atoms with Crippen LogP contribution in [0.25, 0.3) is 0 Å². The predicted molar refractivity (Wildman–Crippen MR) is 47.1 cm³/mol. The van der Waals surface area contributed by atoms with E-state index in [2.05, 4.69) is 31.5 Å². The minimum absolute atomic E-state index is 1.12. The van der Waals surface area contributed by atoms with Crippen LogP contribution in [0.4, 0.5) is 0 Å². The SMILES string of the molecule is C=C/C=C/CCN(C)CC. The van der Waals surface area contributed by atoms with Gasteiger partial charge in [-0.15, -0.1) is 0 Å². The monoisotopic (exact) mass is 139 g/mol. The average molecular weight is 139 g/mol. The molecule has 0 bridgehead atoms. The average Bonchev–Trinajstić information content (AvgIpc) is 1.98. The zero-order valence-electron chi connectivity index (χ0n) is 7.01. The van der Waals surface area contributed by atoms with E-state index in [4.69, 9.17) is 0 Å². The lowest BCUT2D eigenvalue weighted by molar-refractivity contribution is 0.360. The Balaban J connectivity index is 3.18. The van der Waals surface area contributed by atoms with Crippen LogP contribution >= 0.6 is 0 Å². The molecule has 0 aromatic carbocycles. The molecule has 0 radical (unpaired) electrons. The molecule has 0 atom stereocenters. The lowest BCUT2D eigenvalue weighted by atomic mass is 10.3. The van der Waals surface area contributed by atoms with Crippen molar-refractivity contribution < 1.29 is 0 Å². The van der Waals surface area contributed by atoms with E-state index in [9.17, 15) is 0 Å². The van der Waals surface area contributed by atoms with E-state index in [1.807, 2.05) is 12.2 Å². The molecular weight excluding hydrogens is 122 g/mol. The highest BCUT2D eigenvalue weighted by Crippen LogP contribution is 1.87. The molecule has 0 aromatic heterocycles. The third-order valence-electron chi connectivity index (χ3n) is 1.49. The molecule has 0 saturated heterocycles. The molecule has 1 heteroatoms. The molecule has 0 unspecified atom stereocenters. The summed E-state index contributed by atoms with van der Waals surface area (Å²) in [5.74, 6) is 0. The van der Waals surface area contributed by atoms with Gasteiger partial charge in [0.05, 0.1) is 0 Å². The van der Waals surface area contributed by atoms with E-state index >= 15 is 0 Å². The molecule has 0 saturated carbocycles. The van der Waals surface area contributed by atoms with Crippen LogP contribution in [0.2, 0.25) is 0 Å². The summed E-state index contributed by atoms with van der Waals surface area (Å²) in [5, 5.41) is 0. The Hall–Kier alpha value is -0.560. The van der Waals surface area contributed by atoms with Crippen molar-refractivity contribution >= 4 is 0 Å². The molecule has 0 aromatic rings. The predicted octanol–water partition coefficient (Wildman–Crippen LogP) is 2.07. The van der Waals surface area contributed by atoms with Crippen molar-refractivity contribution in [1.29, 1.82) is 0 Å². The summed E-state index contributed by atoms with van der Waals surface area (Å²) in [6, 6.07) is 0. The van der Waals surface area contributed by atoms with Gasteiger partial charge < -0.3 is 4.90 Å². The Morgan fingerprint density at radius 3 is 2.70 bits per heavy atom. The second kappa shape index (κ2) is 6.56. The Bertz CT molecular complexity index is 105. The van der Waals surface area contributed by atoms with Gasteiger partial charge in [0.25, 0.3) is 0 Å². The van der Waals surface area contributed by atoms with Gasteiger partial charge in [0.2, 0.25) is 0 Å². The van der Waals surface area contributed by atoms with E-state index in [1.54, 1.807) is 0 Å². The molecule has 0 rings (SSSR count). The van der Waals surface area contributed by atoms with E-state index in [1.165, 1.54) is 0 Å². The van der Waals surface area contributed by atoms with Gasteiger partial charge in [-0.2, -0.15) is 0 Å². The smallest absolute Gasteiger partial charge is 0.00128 e. The van der Waals surface area contributed by atoms with Gasteiger partial charge in [-0.1, -0.05) is 31.7 Å². The lowest BCUT2D eigenvalue weighted by Crippen LogP contribution is -2.17. The Kier molecular flexibility index (Phi) is 6.19. The van der Waals surface area contributed by atoms with Gasteiger partial charge in [0, 0.05) is 6.54 Å². The van der Waals surface area contributed by atoms with Gasteiger partial charge in [-0.3, -0.25) is 0 Å². The van der Waals surface area contributed by atoms with Crippen LogP contribution in [0.1, 0.15) is 13.3 Å². The maximum atomic E-state index is 3.60. The van der Waals surface area contributed by atoms with E-state index in [0.29, 0.717) is 0 Å². The molecule has 0 heterocycles. The fourth-order valence-corrected chi connectivity index (χ4v) is 0.645. The van der Waals surface area contributed by atoms with Gasteiger partial charge in [0.1, 0.15) is 0 Å². The van der Waals surface area contributed by atoms with Crippen molar-refractivity contribution in [3.63, 3.8) is 0 Å². The first kappa shape index (κ1) is 9.44. The molecule has 0 fully saturated rings.